The number of hydrogen-bond acceptors (Lipinski definition) is 2. The molecule has 1 heterocycles. The van der Waals surface area contributed by atoms with Gasteiger partial charge in [0.1, 0.15) is 0 Å². The van der Waals surface area contributed by atoms with Gasteiger partial charge in [0.2, 0.25) is 0 Å². The molecule has 12 heavy (non-hydrogen) atoms. The third-order valence-corrected chi connectivity index (χ3v) is 2.17. The summed E-state index contributed by atoms with van der Waals surface area (Å²) in [7, 11) is 0. The van der Waals surface area contributed by atoms with E-state index in [0.29, 0.717) is 0 Å². The molecule has 3 nitrogen and oxygen atoms in total. The lowest BCUT2D eigenvalue weighted by molar-refractivity contribution is 0.645. The minimum absolute atomic E-state index is 1.15. The van der Waals surface area contributed by atoms with E-state index < -0.39 is 0 Å². The average molecular weight is 163 g/mol. The first-order valence-corrected chi connectivity index (χ1v) is 4.51. The molecule has 0 aromatic carbocycles. The fraction of sp³-hybridized carbons (Fsp3) is 0.556. The normalized spacial score (nSPS) is 17.8. The first-order chi connectivity index (χ1) is 5.95. The van der Waals surface area contributed by atoms with Gasteiger partial charge in [-0.3, -0.25) is 0 Å². The van der Waals surface area contributed by atoms with Crippen LogP contribution in [0.3, 0.4) is 0 Å². The van der Waals surface area contributed by atoms with E-state index in [1.54, 1.807) is 11.0 Å². The van der Waals surface area contributed by atoms with Gasteiger partial charge in [0.05, 0.1) is 12.4 Å². The molecular formula is C9H13N3. The zero-order valence-corrected chi connectivity index (χ0v) is 7.11. The molecule has 1 saturated carbocycles. The standard InChI is InChI=1S/C9H13N3/c1-2-5-9(6-3-1)11-12-8-4-7-10-12/h4,7-8H,1-3,5-6H2. The van der Waals surface area contributed by atoms with Gasteiger partial charge in [0.15, 0.2) is 0 Å². The molecule has 1 aliphatic rings. The Kier molecular flexibility index (Phi) is 2.21. The van der Waals surface area contributed by atoms with Crippen molar-refractivity contribution in [3.05, 3.63) is 18.5 Å². The van der Waals surface area contributed by atoms with Crippen LogP contribution >= 0.6 is 0 Å². The Morgan fingerprint density at radius 1 is 1.25 bits per heavy atom. The van der Waals surface area contributed by atoms with Crippen molar-refractivity contribution in [1.29, 1.82) is 0 Å². The summed E-state index contributed by atoms with van der Waals surface area (Å²) in [5.41, 5.74) is 1.30. The first kappa shape index (κ1) is 7.53. The van der Waals surface area contributed by atoms with Crippen molar-refractivity contribution in [1.82, 2.24) is 9.89 Å². The van der Waals surface area contributed by atoms with E-state index in [2.05, 4.69) is 10.2 Å². The lowest BCUT2D eigenvalue weighted by Gasteiger charge is -2.11. The van der Waals surface area contributed by atoms with Crippen LogP contribution < -0.4 is 0 Å². The summed E-state index contributed by atoms with van der Waals surface area (Å²) in [5, 5.41) is 8.44. The number of hydrogen-bond donors (Lipinski definition) is 0. The molecule has 0 spiro atoms. The van der Waals surface area contributed by atoms with E-state index in [0.717, 1.165) is 12.8 Å². The molecule has 0 saturated heterocycles. The third kappa shape index (κ3) is 1.72. The van der Waals surface area contributed by atoms with Crippen molar-refractivity contribution in [2.45, 2.75) is 32.1 Å². The molecule has 64 valence electrons. The maximum Gasteiger partial charge on any atom is 0.0511 e. The molecule has 0 amide bonds. The number of aromatic nitrogens is 2. The highest BCUT2D eigenvalue weighted by molar-refractivity contribution is 5.84. The summed E-state index contributed by atoms with van der Waals surface area (Å²) in [6.07, 6.45) is 9.88. The van der Waals surface area contributed by atoms with Crippen LogP contribution in [0, 0.1) is 0 Å². The quantitative estimate of drug-likeness (QED) is 0.623. The highest BCUT2D eigenvalue weighted by atomic mass is 15.5. The second-order valence-electron chi connectivity index (χ2n) is 3.15. The van der Waals surface area contributed by atoms with Crippen molar-refractivity contribution in [2.75, 3.05) is 0 Å². The van der Waals surface area contributed by atoms with Gasteiger partial charge in [0, 0.05) is 5.71 Å². The second kappa shape index (κ2) is 3.52. The smallest absolute Gasteiger partial charge is 0.0511 e. The van der Waals surface area contributed by atoms with Gasteiger partial charge in [-0.1, -0.05) is 6.42 Å². The van der Waals surface area contributed by atoms with E-state index in [-0.39, 0.29) is 0 Å². The fourth-order valence-electron chi connectivity index (χ4n) is 1.52. The predicted octanol–water partition coefficient (Wildman–Crippen LogP) is 2.05. The van der Waals surface area contributed by atoms with Crippen molar-refractivity contribution in [3.8, 4) is 0 Å². The Hall–Kier alpha value is -1.12. The lowest BCUT2D eigenvalue weighted by Crippen LogP contribution is -2.07. The molecule has 0 radical (unpaired) electrons. The average Bonchev–Trinajstić information content (AvgIpc) is 2.59. The number of rotatable bonds is 1. The Bertz CT molecular complexity index is 253. The summed E-state index contributed by atoms with van der Waals surface area (Å²) in [6, 6.07) is 1.90. The molecular weight excluding hydrogens is 150 g/mol. The fourth-order valence-corrected chi connectivity index (χ4v) is 1.52. The van der Waals surface area contributed by atoms with Crippen LogP contribution in [0.1, 0.15) is 32.1 Å². The largest absolute Gasteiger partial charge is 0.160 e. The molecule has 0 atom stereocenters. The van der Waals surface area contributed by atoms with E-state index in [4.69, 9.17) is 0 Å². The molecule has 0 aliphatic heterocycles. The van der Waals surface area contributed by atoms with Crippen molar-refractivity contribution in [2.24, 2.45) is 5.10 Å². The van der Waals surface area contributed by atoms with E-state index in [1.165, 1.54) is 25.0 Å². The van der Waals surface area contributed by atoms with Crippen LogP contribution in [0.2, 0.25) is 0 Å². The minimum atomic E-state index is 1.15. The summed E-state index contributed by atoms with van der Waals surface area (Å²) < 4.78 is 0. The summed E-state index contributed by atoms with van der Waals surface area (Å²) >= 11 is 0. The molecule has 1 aliphatic carbocycles. The SMILES string of the molecule is c1cnn(N=C2CCCCC2)c1. The van der Waals surface area contributed by atoms with E-state index >= 15 is 0 Å². The lowest BCUT2D eigenvalue weighted by atomic mass is 9.99. The molecule has 1 fully saturated rings. The Morgan fingerprint density at radius 3 is 2.75 bits per heavy atom. The highest BCUT2D eigenvalue weighted by Gasteiger charge is 2.06. The van der Waals surface area contributed by atoms with Crippen LogP contribution in [-0.4, -0.2) is 15.6 Å². The summed E-state index contributed by atoms with van der Waals surface area (Å²) in [4.78, 5) is 1.65. The predicted molar refractivity (Wildman–Crippen MR) is 48.1 cm³/mol. The van der Waals surface area contributed by atoms with Gasteiger partial charge in [-0.25, -0.2) is 0 Å². The zero-order valence-electron chi connectivity index (χ0n) is 7.11. The zero-order chi connectivity index (χ0) is 8.23. The molecule has 2 rings (SSSR count). The monoisotopic (exact) mass is 163 g/mol. The van der Waals surface area contributed by atoms with Crippen LogP contribution in [-0.2, 0) is 0 Å². The van der Waals surface area contributed by atoms with Gasteiger partial charge >= 0.3 is 0 Å². The van der Waals surface area contributed by atoms with E-state index in [9.17, 15) is 0 Å². The van der Waals surface area contributed by atoms with Crippen LogP contribution in [0.4, 0.5) is 0 Å². The van der Waals surface area contributed by atoms with E-state index in [1.807, 2.05) is 12.3 Å². The minimum Gasteiger partial charge on any atom is -0.160 e. The van der Waals surface area contributed by atoms with Gasteiger partial charge < -0.3 is 0 Å². The van der Waals surface area contributed by atoms with Crippen molar-refractivity contribution in [3.63, 3.8) is 0 Å². The molecule has 0 unspecified atom stereocenters. The molecule has 1 aromatic heterocycles. The summed E-state index contributed by atoms with van der Waals surface area (Å²) in [5.74, 6) is 0. The van der Waals surface area contributed by atoms with Crippen LogP contribution in [0.15, 0.2) is 23.6 Å². The maximum atomic E-state index is 4.40. The Balaban J connectivity index is 2.07. The number of nitrogens with zero attached hydrogens (tertiary/aromatic N) is 3. The van der Waals surface area contributed by atoms with Crippen LogP contribution in [0.5, 0.6) is 0 Å². The highest BCUT2D eigenvalue weighted by Crippen LogP contribution is 2.14. The Labute approximate surface area is 72.1 Å². The van der Waals surface area contributed by atoms with Gasteiger partial charge in [-0.05, 0) is 31.7 Å². The topological polar surface area (TPSA) is 30.2 Å². The molecule has 1 aromatic rings. The van der Waals surface area contributed by atoms with Crippen molar-refractivity contribution < 1.29 is 0 Å². The third-order valence-electron chi connectivity index (χ3n) is 2.17. The van der Waals surface area contributed by atoms with Gasteiger partial charge in [-0.2, -0.15) is 15.0 Å². The van der Waals surface area contributed by atoms with Crippen LogP contribution in [0.25, 0.3) is 0 Å². The molecule has 0 N–H and O–H groups in total. The first-order valence-electron chi connectivity index (χ1n) is 4.51. The van der Waals surface area contributed by atoms with Gasteiger partial charge in [0.25, 0.3) is 0 Å². The van der Waals surface area contributed by atoms with Gasteiger partial charge in [-0.15, -0.1) is 0 Å². The molecule has 3 heteroatoms. The molecule has 0 bridgehead atoms. The Morgan fingerprint density at radius 2 is 2.08 bits per heavy atom. The maximum absolute atomic E-state index is 4.40. The summed E-state index contributed by atoms with van der Waals surface area (Å²) in [6.45, 7) is 0. The second-order valence-corrected chi connectivity index (χ2v) is 3.15. The van der Waals surface area contributed by atoms with Crippen molar-refractivity contribution >= 4 is 5.71 Å².